The number of methoxy groups -OCH3 is 1. The summed E-state index contributed by atoms with van der Waals surface area (Å²) in [6, 6.07) is 5.45. The topological polar surface area (TPSA) is 26.3 Å². The number of benzene rings is 1. The first-order chi connectivity index (χ1) is 6.63. The molecule has 0 aliphatic rings. The molecule has 0 bridgehead atoms. The number of esters is 1. The zero-order valence-corrected chi connectivity index (χ0v) is 8.68. The minimum Gasteiger partial charge on any atom is -0.459 e. The first-order valence-corrected chi connectivity index (χ1v) is 4.37. The summed E-state index contributed by atoms with van der Waals surface area (Å²) >= 11 is 5.90. The Morgan fingerprint density at radius 1 is 1.50 bits per heavy atom. The summed E-state index contributed by atoms with van der Waals surface area (Å²) in [4.78, 5) is 10.7. The van der Waals surface area contributed by atoms with Gasteiger partial charge in [-0.3, -0.25) is 0 Å². The molecule has 1 aromatic carbocycles. The van der Waals surface area contributed by atoms with E-state index in [1.54, 1.807) is 12.1 Å². The first kappa shape index (κ1) is 10.6. The fraction of sp³-hybridized carbons (Fsp3) is 0.182. The largest absolute Gasteiger partial charge is 0.459 e. The molecule has 0 aromatic heterocycles. The van der Waals surface area contributed by atoms with Crippen molar-refractivity contribution in [1.82, 2.24) is 0 Å². The van der Waals surface area contributed by atoms with Crippen LogP contribution in [0.4, 0.5) is 0 Å². The SMILES string of the molecule is COC(=O)C#Cc1ccc(C)cc1Cl. The molecule has 0 amide bonds. The van der Waals surface area contributed by atoms with E-state index in [9.17, 15) is 4.79 Å². The van der Waals surface area contributed by atoms with Gasteiger partial charge in [0.15, 0.2) is 0 Å². The highest BCUT2D eigenvalue weighted by Gasteiger charge is 1.97. The number of halogens is 1. The van der Waals surface area contributed by atoms with Crippen molar-refractivity contribution in [3.63, 3.8) is 0 Å². The molecule has 0 saturated heterocycles. The van der Waals surface area contributed by atoms with Gasteiger partial charge in [-0.05, 0) is 24.6 Å². The summed E-state index contributed by atoms with van der Waals surface area (Å²) in [5, 5.41) is 0.543. The van der Waals surface area contributed by atoms with E-state index in [2.05, 4.69) is 16.6 Å². The van der Waals surface area contributed by atoms with Crippen molar-refractivity contribution in [2.24, 2.45) is 0 Å². The molecule has 0 N–H and O–H groups in total. The molecule has 0 atom stereocenters. The number of ether oxygens (including phenoxy) is 1. The minimum atomic E-state index is -0.568. The van der Waals surface area contributed by atoms with E-state index in [-0.39, 0.29) is 0 Å². The number of rotatable bonds is 0. The molecule has 0 aliphatic heterocycles. The molecule has 72 valence electrons. The van der Waals surface area contributed by atoms with Crippen molar-refractivity contribution in [3.05, 3.63) is 34.3 Å². The predicted molar refractivity (Wildman–Crippen MR) is 55.1 cm³/mol. The van der Waals surface area contributed by atoms with Gasteiger partial charge in [-0.25, -0.2) is 4.79 Å². The molecule has 1 rings (SSSR count). The lowest BCUT2D eigenvalue weighted by atomic mass is 10.1. The van der Waals surface area contributed by atoms with Gasteiger partial charge in [-0.15, -0.1) is 0 Å². The Bertz CT molecular complexity index is 413. The lowest BCUT2D eigenvalue weighted by Crippen LogP contribution is -1.94. The van der Waals surface area contributed by atoms with Crippen molar-refractivity contribution in [3.8, 4) is 11.8 Å². The number of carbonyl (C=O) groups excluding carboxylic acids is 1. The fourth-order valence-electron chi connectivity index (χ4n) is 0.891. The molecular weight excluding hydrogens is 200 g/mol. The van der Waals surface area contributed by atoms with E-state index in [4.69, 9.17) is 11.6 Å². The van der Waals surface area contributed by atoms with E-state index in [0.717, 1.165) is 5.56 Å². The smallest absolute Gasteiger partial charge is 0.384 e. The van der Waals surface area contributed by atoms with Crippen LogP contribution in [-0.2, 0) is 9.53 Å². The number of carbonyl (C=O) groups is 1. The second-order valence-electron chi connectivity index (χ2n) is 2.72. The molecule has 0 spiro atoms. The lowest BCUT2D eigenvalue weighted by molar-refractivity contribution is -0.133. The standard InChI is InChI=1S/C11H9ClO2/c1-8-3-4-9(10(12)7-8)5-6-11(13)14-2/h3-4,7H,1-2H3. The van der Waals surface area contributed by atoms with Gasteiger partial charge in [0.05, 0.1) is 12.1 Å². The third-order valence-electron chi connectivity index (χ3n) is 1.61. The molecule has 14 heavy (non-hydrogen) atoms. The molecule has 0 saturated carbocycles. The van der Waals surface area contributed by atoms with E-state index in [1.807, 2.05) is 13.0 Å². The molecule has 1 aromatic rings. The molecular formula is C11H9ClO2. The minimum absolute atomic E-state index is 0.543. The van der Waals surface area contributed by atoms with Crippen LogP contribution in [0.1, 0.15) is 11.1 Å². The van der Waals surface area contributed by atoms with Crippen molar-refractivity contribution < 1.29 is 9.53 Å². The highest BCUT2D eigenvalue weighted by molar-refractivity contribution is 6.31. The Balaban J connectivity index is 2.96. The molecule has 3 heteroatoms. The second kappa shape index (κ2) is 4.69. The molecule has 2 nitrogen and oxygen atoms in total. The molecule has 0 fully saturated rings. The van der Waals surface area contributed by atoms with Gasteiger partial charge in [-0.2, -0.15) is 0 Å². The first-order valence-electron chi connectivity index (χ1n) is 3.99. The van der Waals surface area contributed by atoms with Gasteiger partial charge in [-0.1, -0.05) is 23.6 Å². The summed E-state index contributed by atoms with van der Waals surface area (Å²) < 4.78 is 4.38. The predicted octanol–water partition coefficient (Wildman–Crippen LogP) is 2.17. The maximum Gasteiger partial charge on any atom is 0.384 e. The Morgan fingerprint density at radius 3 is 2.79 bits per heavy atom. The van der Waals surface area contributed by atoms with Gasteiger partial charge < -0.3 is 4.74 Å². The van der Waals surface area contributed by atoms with E-state index in [0.29, 0.717) is 10.6 Å². The van der Waals surface area contributed by atoms with Crippen LogP contribution in [0, 0.1) is 18.8 Å². The normalized spacial score (nSPS) is 8.79. The average Bonchev–Trinajstić information content (AvgIpc) is 2.16. The average molecular weight is 209 g/mol. The van der Waals surface area contributed by atoms with Crippen LogP contribution < -0.4 is 0 Å². The van der Waals surface area contributed by atoms with Crippen LogP contribution in [0.15, 0.2) is 18.2 Å². The highest BCUT2D eigenvalue weighted by atomic mass is 35.5. The monoisotopic (exact) mass is 208 g/mol. The van der Waals surface area contributed by atoms with Crippen LogP contribution in [0.5, 0.6) is 0 Å². The molecule has 0 unspecified atom stereocenters. The summed E-state index contributed by atoms with van der Waals surface area (Å²) in [6.45, 7) is 1.93. The zero-order valence-electron chi connectivity index (χ0n) is 7.93. The van der Waals surface area contributed by atoms with Gasteiger partial charge in [0.2, 0.25) is 0 Å². The van der Waals surface area contributed by atoms with E-state index in [1.165, 1.54) is 7.11 Å². The zero-order chi connectivity index (χ0) is 10.6. The Labute approximate surface area is 87.8 Å². The van der Waals surface area contributed by atoms with Crippen LogP contribution in [0.25, 0.3) is 0 Å². The van der Waals surface area contributed by atoms with E-state index < -0.39 is 5.97 Å². The van der Waals surface area contributed by atoms with Crippen LogP contribution in [0.2, 0.25) is 5.02 Å². The summed E-state index contributed by atoms with van der Waals surface area (Å²) in [5.41, 5.74) is 1.68. The Kier molecular flexibility index (Phi) is 3.55. The third-order valence-corrected chi connectivity index (χ3v) is 1.92. The van der Waals surface area contributed by atoms with Gasteiger partial charge in [0, 0.05) is 11.5 Å². The van der Waals surface area contributed by atoms with Crippen LogP contribution >= 0.6 is 11.6 Å². The quantitative estimate of drug-likeness (QED) is 0.483. The number of hydrogen-bond donors (Lipinski definition) is 0. The molecule has 0 heterocycles. The van der Waals surface area contributed by atoms with Gasteiger partial charge in [0.1, 0.15) is 0 Å². The number of hydrogen-bond acceptors (Lipinski definition) is 2. The molecule has 0 aliphatic carbocycles. The van der Waals surface area contributed by atoms with Gasteiger partial charge in [0.25, 0.3) is 0 Å². The Hall–Kier alpha value is -1.46. The Morgan fingerprint density at radius 2 is 2.21 bits per heavy atom. The maximum absolute atomic E-state index is 10.7. The molecule has 0 radical (unpaired) electrons. The van der Waals surface area contributed by atoms with Gasteiger partial charge >= 0.3 is 5.97 Å². The summed E-state index contributed by atoms with van der Waals surface area (Å²) in [6.07, 6.45) is 0. The summed E-state index contributed by atoms with van der Waals surface area (Å²) in [5.74, 6) is 4.38. The van der Waals surface area contributed by atoms with Crippen molar-refractivity contribution in [1.29, 1.82) is 0 Å². The fourth-order valence-corrected chi connectivity index (χ4v) is 1.17. The number of aryl methyl sites for hydroxylation is 1. The van der Waals surface area contributed by atoms with E-state index >= 15 is 0 Å². The third kappa shape index (κ3) is 2.79. The maximum atomic E-state index is 10.7. The van der Waals surface area contributed by atoms with Crippen molar-refractivity contribution in [2.75, 3.05) is 7.11 Å². The lowest BCUT2D eigenvalue weighted by Gasteiger charge is -1.96. The van der Waals surface area contributed by atoms with Crippen LogP contribution in [0.3, 0.4) is 0 Å². The van der Waals surface area contributed by atoms with Crippen molar-refractivity contribution in [2.45, 2.75) is 6.92 Å². The van der Waals surface area contributed by atoms with Crippen molar-refractivity contribution >= 4 is 17.6 Å². The van der Waals surface area contributed by atoms with Crippen LogP contribution in [-0.4, -0.2) is 13.1 Å². The summed E-state index contributed by atoms with van der Waals surface area (Å²) in [7, 11) is 1.29. The second-order valence-corrected chi connectivity index (χ2v) is 3.13. The highest BCUT2D eigenvalue weighted by Crippen LogP contribution is 2.16.